The molecule has 0 aromatic carbocycles. The molecule has 4 fully saturated rings. The standard InChI is InChI=1S/C12H21N3O/c1-14-2-4-15(5-3-14)10(16)6-11-7-12(13,8-11)9-11/h2-9,13H2,1H3. The Bertz CT molecular complexity index is 300. The van der Waals surface area contributed by atoms with E-state index in [-0.39, 0.29) is 5.54 Å². The van der Waals surface area contributed by atoms with E-state index >= 15 is 0 Å². The third-order valence-corrected chi connectivity index (χ3v) is 4.56. The third-order valence-electron chi connectivity index (χ3n) is 4.56. The first-order valence-corrected chi connectivity index (χ1v) is 6.26. The van der Waals surface area contributed by atoms with Gasteiger partial charge in [-0.25, -0.2) is 0 Å². The van der Waals surface area contributed by atoms with Crippen molar-refractivity contribution in [1.29, 1.82) is 0 Å². The average molecular weight is 223 g/mol. The number of likely N-dealkylation sites (N-methyl/N-ethyl adjacent to an activating group) is 1. The summed E-state index contributed by atoms with van der Waals surface area (Å²) >= 11 is 0. The maximum Gasteiger partial charge on any atom is 0.223 e. The van der Waals surface area contributed by atoms with E-state index < -0.39 is 0 Å². The van der Waals surface area contributed by atoms with Crippen molar-refractivity contribution in [2.75, 3.05) is 33.2 Å². The van der Waals surface area contributed by atoms with Crippen LogP contribution in [-0.4, -0.2) is 54.5 Å². The van der Waals surface area contributed by atoms with E-state index in [4.69, 9.17) is 5.73 Å². The zero-order valence-electron chi connectivity index (χ0n) is 10.0. The number of nitrogens with zero attached hydrogens (tertiary/aromatic N) is 2. The summed E-state index contributed by atoms with van der Waals surface area (Å²) in [6, 6.07) is 0. The molecular weight excluding hydrogens is 202 g/mol. The van der Waals surface area contributed by atoms with Gasteiger partial charge in [0, 0.05) is 38.1 Å². The van der Waals surface area contributed by atoms with Crippen molar-refractivity contribution in [3.05, 3.63) is 0 Å². The molecule has 3 aliphatic carbocycles. The molecular formula is C12H21N3O. The topological polar surface area (TPSA) is 49.6 Å². The molecule has 4 aliphatic rings. The fraction of sp³-hybridized carbons (Fsp3) is 0.917. The molecule has 0 spiro atoms. The molecule has 3 saturated carbocycles. The van der Waals surface area contributed by atoms with Crippen LogP contribution in [0.3, 0.4) is 0 Å². The molecule has 0 aromatic heterocycles. The van der Waals surface area contributed by atoms with Crippen molar-refractivity contribution in [1.82, 2.24) is 9.80 Å². The molecule has 0 radical (unpaired) electrons. The van der Waals surface area contributed by atoms with Crippen molar-refractivity contribution in [3.8, 4) is 0 Å². The van der Waals surface area contributed by atoms with E-state index in [9.17, 15) is 4.79 Å². The van der Waals surface area contributed by atoms with Gasteiger partial charge in [-0.1, -0.05) is 0 Å². The molecule has 16 heavy (non-hydrogen) atoms. The van der Waals surface area contributed by atoms with E-state index in [2.05, 4.69) is 11.9 Å². The number of carbonyl (C=O) groups is 1. The normalized spacial score (nSPS) is 42.5. The van der Waals surface area contributed by atoms with E-state index in [0.29, 0.717) is 11.3 Å². The Morgan fingerprint density at radius 2 is 1.75 bits per heavy atom. The minimum absolute atomic E-state index is 0.127. The predicted octanol–water partition coefficient (Wildman–Crippen LogP) is 0.0319. The number of hydrogen-bond acceptors (Lipinski definition) is 3. The van der Waals surface area contributed by atoms with Crippen molar-refractivity contribution >= 4 is 5.91 Å². The highest BCUT2D eigenvalue weighted by atomic mass is 16.2. The van der Waals surface area contributed by atoms with Crippen LogP contribution in [0, 0.1) is 5.41 Å². The predicted molar refractivity (Wildman–Crippen MR) is 61.9 cm³/mol. The molecule has 1 saturated heterocycles. The zero-order valence-corrected chi connectivity index (χ0v) is 10.0. The van der Waals surface area contributed by atoms with Crippen LogP contribution >= 0.6 is 0 Å². The van der Waals surface area contributed by atoms with Crippen LogP contribution in [0.2, 0.25) is 0 Å². The summed E-state index contributed by atoms with van der Waals surface area (Å²) in [5.41, 5.74) is 6.46. The Morgan fingerprint density at radius 1 is 1.19 bits per heavy atom. The molecule has 0 unspecified atom stereocenters. The maximum absolute atomic E-state index is 12.1. The van der Waals surface area contributed by atoms with Crippen LogP contribution in [-0.2, 0) is 4.79 Å². The van der Waals surface area contributed by atoms with Crippen LogP contribution in [0.4, 0.5) is 0 Å². The molecule has 4 nitrogen and oxygen atoms in total. The lowest BCUT2D eigenvalue weighted by Gasteiger charge is -2.69. The monoisotopic (exact) mass is 223 g/mol. The van der Waals surface area contributed by atoms with Gasteiger partial charge in [0.25, 0.3) is 0 Å². The quantitative estimate of drug-likeness (QED) is 0.718. The Kier molecular flexibility index (Phi) is 2.11. The molecule has 4 rings (SSSR count). The summed E-state index contributed by atoms with van der Waals surface area (Å²) in [5.74, 6) is 0.356. The highest BCUT2D eigenvalue weighted by molar-refractivity contribution is 5.77. The summed E-state index contributed by atoms with van der Waals surface area (Å²) < 4.78 is 0. The lowest BCUT2D eigenvalue weighted by atomic mass is 9.39. The average Bonchev–Trinajstić information content (AvgIpc) is 2.14. The number of amides is 1. The highest BCUT2D eigenvalue weighted by Gasteiger charge is 2.66. The zero-order chi connectivity index (χ0) is 11.4. The first kappa shape index (κ1) is 10.5. The van der Waals surface area contributed by atoms with Gasteiger partial charge in [-0.05, 0) is 31.7 Å². The SMILES string of the molecule is CN1CCN(C(=O)CC23CC(N)(C2)C3)CC1. The molecule has 1 aliphatic heterocycles. The van der Waals surface area contributed by atoms with E-state index in [0.717, 1.165) is 51.9 Å². The number of carbonyl (C=O) groups excluding carboxylic acids is 1. The Labute approximate surface area is 96.8 Å². The van der Waals surface area contributed by atoms with E-state index in [1.54, 1.807) is 0 Å². The summed E-state index contributed by atoms with van der Waals surface area (Å²) in [6.45, 7) is 3.83. The van der Waals surface area contributed by atoms with E-state index in [1.165, 1.54) is 0 Å². The van der Waals surface area contributed by atoms with Crippen LogP contribution in [0.1, 0.15) is 25.7 Å². The third kappa shape index (κ3) is 1.55. The smallest absolute Gasteiger partial charge is 0.223 e. The molecule has 4 heteroatoms. The van der Waals surface area contributed by atoms with Crippen molar-refractivity contribution in [2.45, 2.75) is 31.2 Å². The van der Waals surface area contributed by atoms with Gasteiger partial charge in [-0.2, -0.15) is 0 Å². The first-order chi connectivity index (χ1) is 7.50. The summed E-state index contributed by atoms with van der Waals surface area (Å²) in [6.07, 6.45) is 3.99. The molecule has 1 amide bonds. The van der Waals surface area contributed by atoms with Gasteiger partial charge >= 0.3 is 0 Å². The lowest BCUT2D eigenvalue weighted by Crippen LogP contribution is -2.72. The fourth-order valence-electron chi connectivity index (χ4n) is 3.76. The number of rotatable bonds is 2. The second-order valence-corrected chi connectivity index (χ2v) is 6.25. The van der Waals surface area contributed by atoms with Gasteiger partial charge in [0.1, 0.15) is 0 Å². The molecule has 0 aromatic rings. The molecule has 2 bridgehead atoms. The van der Waals surface area contributed by atoms with Crippen LogP contribution < -0.4 is 5.73 Å². The second kappa shape index (κ2) is 3.20. The van der Waals surface area contributed by atoms with Gasteiger partial charge in [0.15, 0.2) is 0 Å². The Hall–Kier alpha value is -0.610. The highest BCUT2D eigenvalue weighted by Crippen LogP contribution is 2.67. The second-order valence-electron chi connectivity index (χ2n) is 6.25. The summed E-state index contributed by atoms with van der Waals surface area (Å²) in [4.78, 5) is 16.4. The number of nitrogens with two attached hydrogens (primary N) is 1. The summed E-state index contributed by atoms with van der Waals surface area (Å²) in [7, 11) is 2.11. The largest absolute Gasteiger partial charge is 0.340 e. The van der Waals surface area contributed by atoms with Gasteiger partial charge < -0.3 is 15.5 Å². The lowest BCUT2D eigenvalue weighted by molar-refractivity contribution is -0.162. The van der Waals surface area contributed by atoms with Gasteiger partial charge in [0.2, 0.25) is 5.91 Å². The Balaban J connectivity index is 1.51. The van der Waals surface area contributed by atoms with Crippen LogP contribution in [0.15, 0.2) is 0 Å². The fourth-order valence-corrected chi connectivity index (χ4v) is 3.76. The van der Waals surface area contributed by atoms with Gasteiger partial charge in [0.05, 0.1) is 0 Å². The Morgan fingerprint density at radius 3 is 2.25 bits per heavy atom. The number of hydrogen-bond donors (Lipinski definition) is 1. The minimum Gasteiger partial charge on any atom is -0.340 e. The van der Waals surface area contributed by atoms with Gasteiger partial charge in [-0.3, -0.25) is 4.79 Å². The minimum atomic E-state index is 0.127. The molecule has 2 N–H and O–H groups in total. The number of piperazine rings is 1. The molecule has 0 atom stereocenters. The molecule has 1 heterocycles. The van der Waals surface area contributed by atoms with Crippen molar-refractivity contribution in [2.24, 2.45) is 11.1 Å². The molecule has 90 valence electrons. The van der Waals surface area contributed by atoms with E-state index in [1.807, 2.05) is 4.90 Å². The summed E-state index contributed by atoms with van der Waals surface area (Å²) in [5, 5.41) is 0. The van der Waals surface area contributed by atoms with Gasteiger partial charge in [-0.15, -0.1) is 0 Å². The maximum atomic E-state index is 12.1. The van der Waals surface area contributed by atoms with Crippen molar-refractivity contribution < 1.29 is 4.79 Å². The van der Waals surface area contributed by atoms with Crippen LogP contribution in [0.5, 0.6) is 0 Å². The first-order valence-electron chi connectivity index (χ1n) is 6.26. The van der Waals surface area contributed by atoms with Crippen molar-refractivity contribution in [3.63, 3.8) is 0 Å². The van der Waals surface area contributed by atoms with Crippen LogP contribution in [0.25, 0.3) is 0 Å².